The molecular formula is C11H24N2O2. The molecule has 0 aromatic rings. The molecule has 2 atom stereocenters. The number of likely N-dealkylation sites (tertiary alicyclic amines) is 1. The van der Waals surface area contributed by atoms with E-state index in [1.165, 1.54) is 0 Å². The Balaban J connectivity index is 2.00. The zero-order valence-electron chi connectivity index (χ0n) is 9.69. The lowest BCUT2D eigenvalue weighted by molar-refractivity contribution is 0.0194. The summed E-state index contributed by atoms with van der Waals surface area (Å²) >= 11 is 0. The number of nitrogens with two attached hydrogens (primary N) is 1. The summed E-state index contributed by atoms with van der Waals surface area (Å²) in [6.45, 7) is 5.95. The molecule has 0 amide bonds. The highest BCUT2D eigenvalue weighted by Gasteiger charge is 2.20. The monoisotopic (exact) mass is 216 g/mol. The first-order valence-corrected chi connectivity index (χ1v) is 5.96. The molecule has 1 fully saturated rings. The third-order valence-corrected chi connectivity index (χ3v) is 2.73. The molecule has 0 bridgehead atoms. The number of ether oxygens (including phenoxy) is 1. The molecule has 0 aliphatic carbocycles. The summed E-state index contributed by atoms with van der Waals surface area (Å²) in [5.74, 6) is 0. The van der Waals surface area contributed by atoms with E-state index in [4.69, 9.17) is 10.5 Å². The van der Waals surface area contributed by atoms with Crippen molar-refractivity contribution in [2.75, 3.05) is 32.8 Å². The van der Waals surface area contributed by atoms with Crippen molar-refractivity contribution in [2.45, 2.75) is 38.3 Å². The fourth-order valence-electron chi connectivity index (χ4n) is 1.84. The van der Waals surface area contributed by atoms with Crippen LogP contribution in [0.15, 0.2) is 0 Å². The van der Waals surface area contributed by atoms with Crippen LogP contribution in [-0.4, -0.2) is 55.0 Å². The molecule has 1 aliphatic rings. The predicted molar refractivity (Wildman–Crippen MR) is 60.8 cm³/mol. The third-order valence-electron chi connectivity index (χ3n) is 2.73. The molecule has 15 heavy (non-hydrogen) atoms. The third kappa shape index (κ3) is 5.47. The molecule has 0 aromatic heterocycles. The van der Waals surface area contributed by atoms with Crippen LogP contribution in [0.3, 0.4) is 0 Å². The first kappa shape index (κ1) is 12.9. The van der Waals surface area contributed by atoms with E-state index in [0.29, 0.717) is 19.2 Å². The SMILES string of the molecule is CCCCOCC(O)CN1CCC(N)C1. The molecule has 1 rings (SSSR count). The number of β-amino-alcohol motifs (C(OH)–C–C–N with tert-alkyl or cyclic N) is 1. The maximum atomic E-state index is 9.69. The van der Waals surface area contributed by atoms with Crippen LogP contribution in [0.25, 0.3) is 0 Å². The van der Waals surface area contributed by atoms with Gasteiger partial charge in [0.05, 0.1) is 12.7 Å². The van der Waals surface area contributed by atoms with Crippen molar-refractivity contribution in [3.63, 3.8) is 0 Å². The molecule has 90 valence electrons. The van der Waals surface area contributed by atoms with Crippen molar-refractivity contribution in [3.05, 3.63) is 0 Å². The minimum Gasteiger partial charge on any atom is -0.389 e. The van der Waals surface area contributed by atoms with Crippen molar-refractivity contribution in [2.24, 2.45) is 5.73 Å². The van der Waals surface area contributed by atoms with Gasteiger partial charge < -0.3 is 15.6 Å². The van der Waals surface area contributed by atoms with Gasteiger partial charge >= 0.3 is 0 Å². The Labute approximate surface area is 92.4 Å². The predicted octanol–water partition coefficient (Wildman–Crippen LogP) is 0.197. The van der Waals surface area contributed by atoms with Crippen molar-refractivity contribution >= 4 is 0 Å². The molecule has 2 unspecified atom stereocenters. The Kier molecular flexibility index (Phi) is 6.17. The highest BCUT2D eigenvalue weighted by Crippen LogP contribution is 2.07. The molecule has 0 radical (unpaired) electrons. The molecule has 0 aromatic carbocycles. The van der Waals surface area contributed by atoms with Crippen molar-refractivity contribution < 1.29 is 9.84 Å². The van der Waals surface area contributed by atoms with E-state index in [-0.39, 0.29) is 6.10 Å². The van der Waals surface area contributed by atoms with Gasteiger partial charge in [-0.1, -0.05) is 13.3 Å². The number of hydrogen-bond donors (Lipinski definition) is 2. The summed E-state index contributed by atoms with van der Waals surface area (Å²) in [6, 6.07) is 0.290. The molecule has 0 spiro atoms. The first-order valence-electron chi connectivity index (χ1n) is 5.96. The van der Waals surface area contributed by atoms with Crippen molar-refractivity contribution in [1.82, 2.24) is 4.90 Å². The van der Waals surface area contributed by atoms with E-state index in [1.807, 2.05) is 0 Å². The summed E-state index contributed by atoms with van der Waals surface area (Å²) in [5, 5.41) is 9.69. The zero-order valence-corrected chi connectivity index (χ0v) is 9.69. The molecule has 3 N–H and O–H groups in total. The average molecular weight is 216 g/mol. The second-order valence-corrected chi connectivity index (χ2v) is 4.39. The zero-order chi connectivity index (χ0) is 11.1. The van der Waals surface area contributed by atoms with E-state index in [0.717, 1.165) is 39.0 Å². The maximum Gasteiger partial charge on any atom is 0.0900 e. The topological polar surface area (TPSA) is 58.7 Å². The van der Waals surface area contributed by atoms with Gasteiger partial charge in [0.25, 0.3) is 0 Å². The fourth-order valence-corrected chi connectivity index (χ4v) is 1.84. The number of hydrogen-bond acceptors (Lipinski definition) is 4. The Hall–Kier alpha value is -0.160. The van der Waals surface area contributed by atoms with E-state index < -0.39 is 0 Å². The molecule has 1 saturated heterocycles. The maximum absolute atomic E-state index is 9.69. The Morgan fingerprint density at radius 1 is 1.60 bits per heavy atom. The number of aliphatic hydroxyl groups is 1. The minimum absolute atomic E-state index is 0.290. The molecule has 1 aliphatic heterocycles. The highest BCUT2D eigenvalue weighted by atomic mass is 16.5. The van der Waals surface area contributed by atoms with Crippen LogP contribution in [0.2, 0.25) is 0 Å². The van der Waals surface area contributed by atoms with Crippen LogP contribution >= 0.6 is 0 Å². The molecule has 0 saturated carbocycles. The molecular weight excluding hydrogens is 192 g/mol. The Morgan fingerprint density at radius 2 is 2.40 bits per heavy atom. The van der Waals surface area contributed by atoms with Crippen LogP contribution in [0.4, 0.5) is 0 Å². The highest BCUT2D eigenvalue weighted by molar-refractivity contribution is 4.79. The van der Waals surface area contributed by atoms with Gasteiger partial charge in [-0.05, 0) is 19.4 Å². The minimum atomic E-state index is -0.368. The molecule has 1 heterocycles. The first-order chi connectivity index (χ1) is 7.22. The fraction of sp³-hybridized carbons (Fsp3) is 1.00. The number of nitrogens with zero attached hydrogens (tertiary/aromatic N) is 1. The van der Waals surface area contributed by atoms with E-state index in [2.05, 4.69) is 11.8 Å². The van der Waals surface area contributed by atoms with Gasteiger partial charge in [-0.15, -0.1) is 0 Å². The lowest BCUT2D eigenvalue weighted by Crippen LogP contribution is -2.35. The van der Waals surface area contributed by atoms with Crippen LogP contribution < -0.4 is 5.73 Å². The van der Waals surface area contributed by atoms with Gasteiger partial charge in [0, 0.05) is 25.7 Å². The van der Waals surface area contributed by atoms with Crippen molar-refractivity contribution in [1.29, 1.82) is 0 Å². The quantitative estimate of drug-likeness (QED) is 0.597. The van der Waals surface area contributed by atoms with Gasteiger partial charge in [0.15, 0.2) is 0 Å². The van der Waals surface area contributed by atoms with Crippen LogP contribution in [0.5, 0.6) is 0 Å². The van der Waals surface area contributed by atoms with Gasteiger partial charge in [-0.2, -0.15) is 0 Å². The Bertz CT molecular complexity index is 167. The lowest BCUT2D eigenvalue weighted by atomic mass is 10.3. The van der Waals surface area contributed by atoms with Crippen LogP contribution in [0.1, 0.15) is 26.2 Å². The Morgan fingerprint density at radius 3 is 3.00 bits per heavy atom. The van der Waals surface area contributed by atoms with Crippen molar-refractivity contribution in [3.8, 4) is 0 Å². The molecule has 4 heteroatoms. The largest absolute Gasteiger partial charge is 0.389 e. The normalized spacial score (nSPS) is 24.6. The summed E-state index contributed by atoms with van der Waals surface area (Å²) in [7, 11) is 0. The number of rotatable bonds is 7. The summed E-state index contributed by atoms with van der Waals surface area (Å²) in [4.78, 5) is 2.21. The summed E-state index contributed by atoms with van der Waals surface area (Å²) < 4.78 is 5.37. The van der Waals surface area contributed by atoms with Gasteiger partial charge in [-0.25, -0.2) is 0 Å². The summed E-state index contributed by atoms with van der Waals surface area (Å²) in [6.07, 6.45) is 2.88. The number of unbranched alkanes of at least 4 members (excludes halogenated alkanes) is 1. The average Bonchev–Trinajstić information content (AvgIpc) is 2.59. The van der Waals surface area contributed by atoms with Gasteiger partial charge in [-0.3, -0.25) is 4.90 Å². The second kappa shape index (κ2) is 7.17. The van der Waals surface area contributed by atoms with E-state index in [9.17, 15) is 5.11 Å². The summed E-state index contributed by atoms with van der Waals surface area (Å²) in [5.41, 5.74) is 5.79. The van der Waals surface area contributed by atoms with E-state index >= 15 is 0 Å². The molecule has 4 nitrogen and oxygen atoms in total. The lowest BCUT2D eigenvalue weighted by Gasteiger charge is -2.19. The number of aliphatic hydroxyl groups excluding tert-OH is 1. The van der Waals surface area contributed by atoms with Gasteiger partial charge in [0.2, 0.25) is 0 Å². The smallest absolute Gasteiger partial charge is 0.0900 e. The van der Waals surface area contributed by atoms with Crippen LogP contribution in [0, 0.1) is 0 Å². The van der Waals surface area contributed by atoms with Gasteiger partial charge in [0.1, 0.15) is 0 Å². The van der Waals surface area contributed by atoms with Crippen LogP contribution in [-0.2, 0) is 4.74 Å². The van der Waals surface area contributed by atoms with E-state index in [1.54, 1.807) is 0 Å². The second-order valence-electron chi connectivity index (χ2n) is 4.39. The standard InChI is InChI=1S/C11H24N2O2/c1-2-3-6-15-9-11(14)8-13-5-4-10(12)7-13/h10-11,14H,2-9,12H2,1H3.